The van der Waals surface area contributed by atoms with E-state index in [1.165, 1.54) is 22.0 Å². The van der Waals surface area contributed by atoms with Crippen LogP contribution in [0.1, 0.15) is 11.3 Å². The molecule has 4 aromatic rings. The smallest absolute Gasteiger partial charge is 0.210 e. The summed E-state index contributed by atoms with van der Waals surface area (Å²) < 4.78 is 1.42. The Morgan fingerprint density at radius 1 is 1.14 bits per heavy atom. The van der Waals surface area contributed by atoms with E-state index < -0.39 is 0 Å². The van der Waals surface area contributed by atoms with Gasteiger partial charge in [-0.2, -0.15) is 0 Å². The minimum Gasteiger partial charge on any atom is -0.335 e. The molecule has 2 aromatic carbocycles. The van der Waals surface area contributed by atoms with Gasteiger partial charge in [-0.15, -0.1) is 21.5 Å². The number of thiazole rings is 1. The molecule has 0 saturated heterocycles. The molecule has 0 saturated carbocycles. The van der Waals surface area contributed by atoms with Crippen LogP contribution >= 0.6 is 46.3 Å². The number of aromatic nitrogens is 4. The van der Waals surface area contributed by atoms with Crippen LogP contribution in [0.15, 0.2) is 53.0 Å². The molecule has 6 nitrogen and oxygen atoms in total. The average Bonchev–Trinajstić information content (AvgIpc) is 3.30. The van der Waals surface area contributed by atoms with Gasteiger partial charge in [-0.3, -0.25) is 0 Å². The van der Waals surface area contributed by atoms with Gasteiger partial charge in [-0.1, -0.05) is 52.7 Å². The zero-order chi connectivity index (χ0) is 20.4. The van der Waals surface area contributed by atoms with Crippen molar-refractivity contribution in [3.8, 4) is 11.4 Å². The van der Waals surface area contributed by atoms with E-state index in [0.29, 0.717) is 32.3 Å². The Morgan fingerprint density at radius 3 is 2.72 bits per heavy atom. The number of nitrogens with zero attached hydrogens (tertiary/aromatic N) is 4. The number of hydrogen-bond donors (Lipinski definition) is 2. The van der Waals surface area contributed by atoms with Crippen LogP contribution in [0.3, 0.4) is 0 Å². The largest absolute Gasteiger partial charge is 0.335 e. The summed E-state index contributed by atoms with van der Waals surface area (Å²) in [6.45, 7) is 2.06. The number of benzene rings is 2. The molecular formula is C19H16Cl2N6S2. The molecule has 0 bridgehead atoms. The molecule has 0 atom stereocenters. The minimum atomic E-state index is 0.458. The molecule has 2 aromatic heterocycles. The fourth-order valence-corrected chi connectivity index (χ4v) is 4.52. The van der Waals surface area contributed by atoms with Crippen molar-refractivity contribution in [1.29, 1.82) is 0 Å². The van der Waals surface area contributed by atoms with E-state index in [-0.39, 0.29) is 0 Å². The Balaban J connectivity index is 1.44. The first-order valence-corrected chi connectivity index (χ1v) is 11.2. The van der Waals surface area contributed by atoms with Crippen molar-refractivity contribution < 1.29 is 0 Å². The van der Waals surface area contributed by atoms with Gasteiger partial charge in [0, 0.05) is 27.4 Å². The first-order chi connectivity index (χ1) is 14.0. The maximum absolute atomic E-state index is 6.25. The number of anilines is 2. The number of nitrogens with two attached hydrogens (primary N) is 1. The number of thioether (sulfide) groups is 1. The van der Waals surface area contributed by atoms with Crippen LogP contribution in [-0.4, -0.2) is 19.9 Å². The monoisotopic (exact) mass is 462 g/mol. The van der Waals surface area contributed by atoms with Crippen molar-refractivity contribution in [3.05, 3.63) is 69.1 Å². The number of nitrogens with one attached hydrogen (secondary N) is 1. The maximum atomic E-state index is 6.25. The summed E-state index contributed by atoms with van der Waals surface area (Å²) in [7, 11) is 0. The van der Waals surface area contributed by atoms with Gasteiger partial charge in [0.2, 0.25) is 5.16 Å². The zero-order valence-corrected chi connectivity index (χ0v) is 18.4. The number of rotatable bonds is 6. The van der Waals surface area contributed by atoms with Crippen molar-refractivity contribution in [1.82, 2.24) is 19.9 Å². The summed E-state index contributed by atoms with van der Waals surface area (Å²) in [4.78, 5) is 4.61. The molecule has 0 amide bonds. The third kappa shape index (κ3) is 4.67. The summed E-state index contributed by atoms with van der Waals surface area (Å²) in [6.07, 6.45) is 0. The van der Waals surface area contributed by atoms with Crippen LogP contribution in [0.5, 0.6) is 0 Å². The Hall–Kier alpha value is -2.26. The van der Waals surface area contributed by atoms with Crippen LogP contribution in [0, 0.1) is 6.92 Å². The second-order valence-corrected chi connectivity index (χ2v) is 8.87. The normalized spacial score (nSPS) is 11.0. The number of nitrogen functional groups attached to an aromatic ring is 1. The van der Waals surface area contributed by atoms with Gasteiger partial charge in [0.15, 0.2) is 11.0 Å². The molecule has 2 heterocycles. The predicted molar refractivity (Wildman–Crippen MR) is 122 cm³/mol. The van der Waals surface area contributed by atoms with E-state index in [1.54, 1.807) is 29.5 Å². The molecule has 0 aliphatic rings. The first kappa shape index (κ1) is 20.0. The molecule has 29 heavy (non-hydrogen) atoms. The zero-order valence-electron chi connectivity index (χ0n) is 15.3. The molecule has 0 aliphatic heterocycles. The molecule has 0 aliphatic carbocycles. The Morgan fingerprint density at radius 2 is 1.93 bits per heavy atom. The van der Waals surface area contributed by atoms with Crippen molar-refractivity contribution in [2.45, 2.75) is 17.8 Å². The van der Waals surface area contributed by atoms with Crippen molar-refractivity contribution >= 4 is 57.1 Å². The first-order valence-electron chi connectivity index (χ1n) is 8.56. The summed E-state index contributed by atoms with van der Waals surface area (Å²) >= 11 is 15.3. The van der Waals surface area contributed by atoms with Gasteiger partial charge in [-0.05, 0) is 37.3 Å². The number of halogens is 2. The van der Waals surface area contributed by atoms with E-state index in [9.17, 15) is 0 Å². The van der Waals surface area contributed by atoms with Gasteiger partial charge in [0.05, 0.1) is 10.7 Å². The Kier molecular flexibility index (Phi) is 5.96. The summed E-state index contributed by atoms with van der Waals surface area (Å²) in [5.74, 6) is 7.25. The molecule has 3 N–H and O–H groups in total. The molecule has 0 spiro atoms. The lowest BCUT2D eigenvalue weighted by Crippen LogP contribution is -2.11. The molecule has 148 valence electrons. The summed E-state index contributed by atoms with van der Waals surface area (Å²) in [5, 5.41) is 16.1. The van der Waals surface area contributed by atoms with E-state index >= 15 is 0 Å². The summed E-state index contributed by atoms with van der Waals surface area (Å²) in [6, 6.07) is 13.3. The standard InChI is InChI=1S/C19H16Cl2N6S2/c1-11-2-5-13(6-3-11)23-18-24-14(9-28-18)10-29-19-26-25-17(27(19)22)15-8-12(20)4-7-16(15)21/h2-9H,10,22H2,1H3,(H,23,24). The third-order valence-electron chi connectivity index (χ3n) is 4.04. The number of aryl methyl sites for hydroxylation is 1. The van der Waals surface area contributed by atoms with Gasteiger partial charge in [0.25, 0.3) is 0 Å². The average molecular weight is 463 g/mol. The fraction of sp³-hybridized carbons (Fsp3) is 0.105. The maximum Gasteiger partial charge on any atom is 0.210 e. The Bertz CT molecular complexity index is 1140. The number of hydrogen-bond acceptors (Lipinski definition) is 7. The second-order valence-electron chi connectivity index (χ2n) is 6.22. The van der Waals surface area contributed by atoms with Crippen LogP contribution < -0.4 is 11.2 Å². The third-order valence-corrected chi connectivity index (χ3v) is 6.39. The van der Waals surface area contributed by atoms with E-state index in [2.05, 4.69) is 39.6 Å². The van der Waals surface area contributed by atoms with E-state index in [0.717, 1.165) is 16.5 Å². The molecule has 0 radical (unpaired) electrons. The topological polar surface area (TPSA) is 81.7 Å². The van der Waals surface area contributed by atoms with E-state index in [1.807, 2.05) is 17.5 Å². The molecular weight excluding hydrogens is 447 g/mol. The molecule has 0 unspecified atom stereocenters. The minimum absolute atomic E-state index is 0.458. The molecule has 4 rings (SSSR count). The second kappa shape index (κ2) is 8.62. The van der Waals surface area contributed by atoms with Gasteiger partial charge in [-0.25, -0.2) is 9.66 Å². The quantitative estimate of drug-likeness (QED) is 0.279. The van der Waals surface area contributed by atoms with E-state index in [4.69, 9.17) is 29.0 Å². The highest BCUT2D eigenvalue weighted by molar-refractivity contribution is 7.98. The van der Waals surface area contributed by atoms with Crippen LogP contribution in [-0.2, 0) is 5.75 Å². The van der Waals surface area contributed by atoms with Gasteiger partial charge < -0.3 is 11.2 Å². The van der Waals surface area contributed by atoms with Crippen LogP contribution in [0.4, 0.5) is 10.8 Å². The fourth-order valence-electron chi connectivity index (χ4n) is 2.56. The highest BCUT2D eigenvalue weighted by Gasteiger charge is 2.16. The predicted octanol–water partition coefficient (Wildman–Crippen LogP) is 5.77. The van der Waals surface area contributed by atoms with Crippen molar-refractivity contribution in [3.63, 3.8) is 0 Å². The molecule has 0 fully saturated rings. The lowest BCUT2D eigenvalue weighted by atomic mass is 10.2. The van der Waals surface area contributed by atoms with Gasteiger partial charge >= 0.3 is 0 Å². The van der Waals surface area contributed by atoms with Gasteiger partial charge in [0.1, 0.15) is 0 Å². The lowest BCUT2D eigenvalue weighted by molar-refractivity contribution is 0.849. The van der Waals surface area contributed by atoms with Crippen LogP contribution in [0.25, 0.3) is 11.4 Å². The Labute approximate surface area is 186 Å². The SMILES string of the molecule is Cc1ccc(Nc2nc(CSc3nnc(-c4cc(Cl)ccc4Cl)n3N)cs2)cc1. The van der Waals surface area contributed by atoms with Crippen molar-refractivity contribution in [2.24, 2.45) is 0 Å². The lowest BCUT2D eigenvalue weighted by Gasteiger charge is -2.05. The van der Waals surface area contributed by atoms with Crippen LogP contribution in [0.2, 0.25) is 10.0 Å². The molecule has 10 heteroatoms. The van der Waals surface area contributed by atoms with Crippen molar-refractivity contribution in [2.75, 3.05) is 11.2 Å². The summed E-state index contributed by atoms with van der Waals surface area (Å²) in [5.41, 5.74) is 3.80. The highest BCUT2D eigenvalue weighted by atomic mass is 35.5. The highest BCUT2D eigenvalue weighted by Crippen LogP contribution is 2.31.